The number of rotatable bonds is 6. The van der Waals surface area contributed by atoms with Gasteiger partial charge in [0.05, 0.1) is 11.4 Å². The van der Waals surface area contributed by atoms with Crippen molar-refractivity contribution in [2.75, 3.05) is 16.6 Å². The van der Waals surface area contributed by atoms with E-state index in [4.69, 9.17) is 0 Å². The van der Waals surface area contributed by atoms with E-state index in [1.54, 1.807) is 13.0 Å². The zero-order valence-electron chi connectivity index (χ0n) is 14.2. The first-order valence-corrected chi connectivity index (χ1v) is 9.03. The number of carbonyl (C=O) groups excluding carboxylic acids is 2. The van der Waals surface area contributed by atoms with Crippen LogP contribution >= 0.6 is 0 Å². The lowest BCUT2D eigenvalue weighted by molar-refractivity contribution is -0.173. The number of anilines is 2. The molecule has 0 aliphatic rings. The number of aryl methyl sites for hydroxylation is 1. The molecule has 2 rings (SSSR count). The van der Waals surface area contributed by atoms with Crippen LogP contribution in [-0.4, -0.2) is 42.9 Å². The van der Waals surface area contributed by atoms with E-state index < -0.39 is 34.6 Å². The van der Waals surface area contributed by atoms with E-state index >= 15 is 0 Å². The van der Waals surface area contributed by atoms with Gasteiger partial charge in [-0.05, 0) is 37.3 Å². The number of benzene rings is 1. The molecule has 0 spiro atoms. The number of halogens is 3. The first kappa shape index (κ1) is 21.1. The summed E-state index contributed by atoms with van der Waals surface area (Å²) in [5.41, 5.74) is 0.681. The van der Waals surface area contributed by atoms with Crippen molar-refractivity contribution in [2.45, 2.75) is 18.0 Å². The smallest absolute Gasteiger partial charge is 0.339 e. The van der Waals surface area contributed by atoms with Crippen molar-refractivity contribution in [2.24, 2.45) is 0 Å². The van der Waals surface area contributed by atoms with Gasteiger partial charge in [0.1, 0.15) is 0 Å². The number of hydrogen-bond donors (Lipinski definition) is 3. The third-order valence-electron chi connectivity index (χ3n) is 3.14. The van der Waals surface area contributed by atoms with Crippen LogP contribution in [0, 0.1) is 6.92 Å². The van der Waals surface area contributed by atoms with E-state index in [1.165, 1.54) is 35.8 Å². The van der Waals surface area contributed by atoms with Gasteiger partial charge in [0.15, 0.2) is 0 Å². The molecule has 0 saturated carbocycles. The van der Waals surface area contributed by atoms with Gasteiger partial charge >= 0.3 is 12.1 Å². The van der Waals surface area contributed by atoms with E-state index in [0.29, 0.717) is 5.69 Å². The molecular weight excluding hydrogens is 403 g/mol. The molecule has 150 valence electrons. The molecule has 0 unspecified atom stereocenters. The van der Waals surface area contributed by atoms with Crippen molar-refractivity contribution < 1.29 is 31.2 Å². The van der Waals surface area contributed by atoms with Crippen molar-refractivity contribution in [3.05, 3.63) is 42.2 Å². The SMILES string of the molecule is Cc1ccnc(NS(=O)(=O)c2ccc(NC(=O)CNC(=O)C(F)(F)F)cc2)n1. The summed E-state index contributed by atoms with van der Waals surface area (Å²) in [6.07, 6.45) is -3.71. The lowest BCUT2D eigenvalue weighted by Gasteiger charge is -2.10. The summed E-state index contributed by atoms with van der Waals surface area (Å²) < 4.78 is 62.9. The van der Waals surface area contributed by atoms with Gasteiger partial charge in [0.25, 0.3) is 10.0 Å². The molecule has 1 aromatic heterocycles. The molecule has 0 aliphatic heterocycles. The van der Waals surface area contributed by atoms with Crippen molar-refractivity contribution in [3.8, 4) is 0 Å². The second-order valence-corrected chi connectivity index (χ2v) is 7.06. The highest BCUT2D eigenvalue weighted by atomic mass is 32.2. The van der Waals surface area contributed by atoms with Gasteiger partial charge in [-0.3, -0.25) is 9.59 Å². The lowest BCUT2D eigenvalue weighted by atomic mass is 10.3. The van der Waals surface area contributed by atoms with E-state index in [1.807, 2.05) is 0 Å². The molecule has 3 N–H and O–H groups in total. The normalized spacial score (nSPS) is 11.6. The average Bonchev–Trinajstić information content (AvgIpc) is 2.59. The van der Waals surface area contributed by atoms with Crippen molar-refractivity contribution in [3.63, 3.8) is 0 Å². The van der Waals surface area contributed by atoms with Crippen LogP contribution in [0.25, 0.3) is 0 Å². The number of carbonyl (C=O) groups is 2. The van der Waals surface area contributed by atoms with Gasteiger partial charge in [-0.15, -0.1) is 0 Å². The van der Waals surface area contributed by atoms with Gasteiger partial charge in [0, 0.05) is 17.6 Å². The molecule has 0 aliphatic carbocycles. The Morgan fingerprint density at radius 3 is 2.32 bits per heavy atom. The zero-order valence-corrected chi connectivity index (χ0v) is 15.1. The quantitative estimate of drug-likeness (QED) is 0.648. The molecule has 0 atom stereocenters. The van der Waals surface area contributed by atoms with Gasteiger partial charge in [-0.1, -0.05) is 0 Å². The first-order chi connectivity index (χ1) is 13.0. The highest BCUT2D eigenvalue weighted by molar-refractivity contribution is 7.92. The second kappa shape index (κ2) is 8.21. The molecule has 1 heterocycles. The fourth-order valence-electron chi connectivity index (χ4n) is 1.86. The maximum absolute atomic E-state index is 12.3. The van der Waals surface area contributed by atoms with Crippen LogP contribution in [0.3, 0.4) is 0 Å². The molecule has 9 nitrogen and oxygen atoms in total. The lowest BCUT2D eigenvalue weighted by Crippen LogP contribution is -2.41. The van der Waals surface area contributed by atoms with Crippen LogP contribution in [0.15, 0.2) is 41.4 Å². The zero-order chi connectivity index (χ0) is 20.9. The molecule has 0 radical (unpaired) electrons. The standard InChI is InChI=1S/C15H14F3N5O4S/c1-9-6-7-19-14(21-9)23-28(26,27)11-4-2-10(3-5-11)22-12(24)8-20-13(25)15(16,17)18/h2-7H,8H2,1H3,(H,20,25)(H,22,24)(H,19,21,23). The predicted octanol–water partition coefficient (Wildman–Crippen LogP) is 1.20. The van der Waals surface area contributed by atoms with Crippen molar-refractivity contribution >= 4 is 33.5 Å². The van der Waals surface area contributed by atoms with Gasteiger partial charge in [-0.2, -0.15) is 13.2 Å². The van der Waals surface area contributed by atoms with Crippen molar-refractivity contribution in [1.29, 1.82) is 0 Å². The molecular formula is C15H14F3N5O4S. The maximum atomic E-state index is 12.3. The molecule has 2 aromatic rings. The molecule has 0 bridgehead atoms. The Labute approximate surface area is 157 Å². The maximum Gasteiger partial charge on any atom is 0.471 e. The molecule has 13 heteroatoms. The predicted molar refractivity (Wildman–Crippen MR) is 91.7 cm³/mol. The van der Waals surface area contributed by atoms with Crippen LogP contribution < -0.4 is 15.4 Å². The summed E-state index contributed by atoms with van der Waals surface area (Å²) >= 11 is 0. The van der Waals surface area contributed by atoms with Crippen LogP contribution in [0.5, 0.6) is 0 Å². The number of amides is 2. The minimum absolute atomic E-state index is 0.113. The second-order valence-electron chi connectivity index (χ2n) is 5.38. The minimum Gasteiger partial charge on any atom is -0.339 e. The molecule has 0 saturated heterocycles. The van der Waals surface area contributed by atoms with Gasteiger partial charge in [-0.25, -0.2) is 23.1 Å². The Morgan fingerprint density at radius 1 is 1.11 bits per heavy atom. The third kappa shape index (κ3) is 5.90. The molecule has 2 amide bonds. The van der Waals surface area contributed by atoms with Crippen molar-refractivity contribution in [1.82, 2.24) is 15.3 Å². The highest BCUT2D eigenvalue weighted by Crippen LogP contribution is 2.17. The summed E-state index contributed by atoms with van der Waals surface area (Å²) in [7, 11) is -3.98. The number of alkyl halides is 3. The highest BCUT2D eigenvalue weighted by Gasteiger charge is 2.38. The Balaban J connectivity index is 1.98. The Morgan fingerprint density at radius 2 is 1.75 bits per heavy atom. The largest absolute Gasteiger partial charge is 0.471 e. The van der Waals surface area contributed by atoms with Crippen LogP contribution in [0.1, 0.15) is 5.69 Å². The molecule has 0 fully saturated rings. The monoisotopic (exact) mass is 417 g/mol. The van der Waals surface area contributed by atoms with Gasteiger partial charge in [0.2, 0.25) is 11.9 Å². The Kier molecular flexibility index (Phi) is 6.18. The summed E-state index contributed by atoms with van der Waals surface area (Å²) in [5, 5.41) is 3.64. The summed E-state index contributed by atoms with van der Waals surface area (Å²) in [6.45, 7) is 0.763. The first-order valence-electron chi connectivity index (χ1n) is 7.55. The van der Waals surface area contributed by atoms with E-state index in [0.717, 1.165) is 0 Å². The fourth-order valence-corrected chi connectivity index (χ4v) is 2.81. The topological polar surface area (TPSA) is 130 Å². The number of aromatic nitrogens is 2. The summed E-state index contributed by atoms with van der Waals surface area (Å²) in [5.74, 6) is -3.27. The van der Waals surface area contributed by atoms with Crippen LogP contribution in [-0.2, 0) is 19.6 Å². The number of nitrogens with one attached hydrogen (secondary N) is 3. The molecule has 28 heavy (non-hydrogen) atoms. The summed E-state index contributed by atoms with van der Waals surface area (Å²) in [6, 6.07) is 6.39. The Hall–Kier alpha value is -3.22. The Bertz CT molecular complexity index is 978. The summed E-state index contributed by atoms with van der Waals surface area (Å²) in [4.78, 5) is 29.8. The number of sulfonamides is 1. The third-order valence-corrected chi connectivity index (χ3v) is 4.48. The van der Waals surface area contributed by atoms with E-state index in [9.17, 15) is 31.2 Å². The van der Waals surface area contributed by atoms with E-state index in [2.05, 4.69) is 20.0 Å². The van der Waals surface area contributed by atoms with Gasteiger partial charge < -0.3 is 10.6 Å². The minimum atomic E-state index is -5.09. The van der Waals surface area contributed by atoms with Crippen LogP contribution in [0.2, 0.25) is 0 Å². The number of hydrogen-bond acceptors (Lipinski definition) is 6. The van der Waals surface area contributed by atoms with Crippen LogP contribution in [0.4, 0.5) is 24.8 Å². The molecule has 1 aromatic carbocycles. The number of nitrogens with zero attached hydrogens (tertiary/aromatic N) is 2. The van der Waals surface area contributed by atoms with E-state index in [-0.39, 0.29) is 16.5 Å². The fraction of sp³-hybridized carbons (Fsp3) is 0.200. The average molecular weight is 417 g/mol.